The minimum atomic E-state index is -0.503. The van der Waals surface area contributed by atoms with Crippen LogP contribution in [-0.2, 0) is 18.9 Å². The molecule has 0 aliphatic heterocycles. The minimum Gasteiger partial charge on any atom is -0.351 e. The minimum absolute atomic E-state index is 0.143. The Morgan fingerprint density at radius 2 is 1.92 bits per heavy atom. The second kappa shape index (κ2) is 9.34. The maximum absolute atomic E-state index is 14.8. The largest absolute Gasteiger partial charge is 0.351 e. The summed E-state index contributed by atoms with van der Waals surface area (Å²) in [6, 6.07) is 12.3. The van der Waals surface area contributed by atoms with Gasteiger partial charge in [0.1, 0.15) is 11.6 Å². The van der Waals surface area contributed by atoms with Gasteiger partial charge >= 0.3 is 0 Å². The van der Waals surface area contributed by atoms with Crippen LogP contribution in [0.3, 0.4) is 0 Å². The first-order valence-electron chi connectivity index (χ1n) is 11.1. The van der Waals surface area contributed by atoms with E-state index in [0.29, 0.717) is 28.7 Å². The lowest BCUT2D eigenvalue weighted by Gasteiger charge is -2.15. The number of carbonyl (C=O) groups excluding carboxylic acids is 1. The molecule has 10 heteroatoms. The third-order valence-corrected chi connectivity index (χ3v) is 5.62. The molecular formula is C26H23FN8O. The highest BCUT2D eigenvalue weighted by Gasteiger charge is 2.14. The van der Waals surface area contributed by atoms with E-state index in [9.17, 15) is 9.18 Å². The van der Waals surface area contributed by atoms with Gasteiger partial charge in [0, 0.05) is 54.8 Å². The van der Waals surface area contributed by atoms with Crippen LogP contribution < -0.4 is 16.0 Å². The van der Waals surface area contributed by atoms with Crippen LogP contribution in [0.5, 0.6) is 0 Å². The molecule has 0 unspecified atom stereocenters. The van der Waals surface area contributed by atoms with E-state index in [-0.39, 0.29) is 5.69 Å². The molecule has 0 aliphatic rings. The Morgan fingerprint density at radius 3 is 2.69 bits per heavy atom. The Bertz CT molecular complexity index is 1600. The molecule has 5 rings (SSSR count). The average molecular weight is 483 g/mol. The molecule has 0 fully saturated rings. The molecule has 36 heavy (non-hydrogen) atoms. The Hall–Kier alpha value is -4.99. The zero-order valence-electron chi connectivity index (χ0n) is 19.7. The first-order chi connectivity index (χ1) is 17.4. The first-order valence-corrected chi connectivity index (χ1v) is 11.1. The van der Waals surface area contributed by atoms with E-state index in [1.54, 1.807) is 23.3 Å². The van der Waals surface area contributed by atoms with Crippen LogP contribution >= 0.6 is 0 Å². The van der Waals surface area contributed by atoms with Gasteiger partial charge in [0.15, 0.2) is 0 Å². The molecule has 1 amide bonds. The van der Waals surface area contributed by atoms with Gasteiger partial charge in [-0.3, -0.25) is 9.48 Å². The van der Waals surface area contributed by atoms with Crippen LogP contribution in [0.4, 0.5) is 33.2 Å². The molecule has 0 saturated heterocycles. The molecule has 0 saturated carbocycles. The molecule has 3 N–H and O–H groups in total. The summed E-state index contributed by atoms with van der Waals surface area (Å²) in [5.74, 6) is -0.199. The highest BCUT2D eigenvalue weighted by Crippen LogP contribution is 2.33. The van der Waals surface area contributed by atoms with Gasteiger partial charge in [-0.1, -0.05) is 12.6 Å². The van der Waals surface area contributed by atoms with Crippen molar-refractivity contribution in [3.63, 3.8) is 0 Å². The molecule has 2 aromatic carbocycles. The Balaban J connectivity index is 1.56. The Kier molecular flexibility index (Phi) is 5.91. The van der Waals surface area contributed by atoms with Crippen molar-refractivity contribution in [3.8, 4) is 11.1 Å². The van der Waals surface area contributed by atoms with Gasteiger partial charge in [-0.25, -0.2) is 9.37 Å². The molecule has 180 valence electrons. The number of aryl methyl sites for hydroxylation is 2. The Morgan fingerprint density at radius 1 is 1.06 bits per heavy atom. The lowest BCUT2D eigenvalue weighted by atomic mass is 10.1. The normalized spacial score (nSPS) is 10.9. The van der Waals surface area contributed by atoms with E-state index in [1.165, 1.54) is 18.2 Å². The lowest BCUT2D eigenvalue weighted by Crippen LogP contribution is -2.08. The van der Waals surface area contributed by atoms with Crippen LogP contribution in [0.25, 0.3) is 22.0 Å². The van der Waals surface area contributed by atoms with Gasteiger partial charge in [0.25, 0.3) is 0 Å². The van der Waals surface area contributed by atoms with Crippen molar-refractivity contribution in [2.75, 3.05) is 16.0 Å². The molecule has 0 radical (unpaired) electrons. The molecule has 9 nitrogen and oxygen atoms in total. The SMILES string of the molecule is C=CC(=O)Nc1ccc(F)c(Nc2nc(Nc3cnn(C)c3)ncc2-c2ccc3c(ccn3C)c2)c1. The van der Waals surface area contributed by atoms with Crippen molar-refractivity contribution >= 4 is 45.6 Å². The summed E-state index contributed by atoms with van der Waals surface area (Å²) in [5.41, 5.74) is 3.89. The fourth-order valence-corrected chi connectivity index (χ4v) is 3.83. The third kappa shape index (κ3) is 4.64. The number of halogens is 1. The fraction of sp³-hybridized carbons (Fsp3) is 0.0769. The second-order valence-electron chi connectivity index (χ2n) is 8.20. The van der Waals surface area contributed by atoms with E-state index in [4.69, 9.17) is 0 Å². The Labute approximate surface area is 206 Å². The second-order valence-corrected chi connectivity index (χ2v) is 8.20. The molecule has 3 heterocycles. The summed E-state index contributed by atoms with van der Waals surface area (Å²) in [4.78, 5) is 20.8. The molecular weight excluding hydrogens is 459 g/mol. The summed E-state index contributed by atoms with van der Waals surface area (Å²) < 4.78 is 18.5. The van der Waals surface area contributed by atoms with E-state index in [2.05, 4.69) is 37.6 Å². The van der Waals surface area contributed by atoms with Crippen LogP contribution in [0.2, 0.25) is 0 Å². The van der Waals surface area contributed by atoms with Crippen LogP contribution in [0.1, 0.15) is 0 Å². The zero-order chi connectivity index (χ0) is 25.2. The van der Waals surface area contributed by atoms with Crippen molar-refractivity contribution in [1.29, 1.82) is 0 Å². The maximum Gasteiger partial charge on any atom is 0.247 e. The number of aromatic nitrogens is 5. The zero-order valence-corrected chi connectivity index (χ0v) is 19.7. The molecule has 0 atom stereocenters. The number of anilines is 5. The fourth-order valence-electron chi connectivity index (χ4n) is 3.83. The van der Waals surface area contributed by atoms with E-state index in [0.717, 1.165) is 22.5 Å². The predicted octanol–water partition coefficient (Wildman–Crippen LogP) is 5.12. The van der Waals surface area contributed by atoms with Crippen LogP contribution in [0, 0.1) is 5.82 Å². The summed E-state index contributed by atoms with van der Waals surface area (Å²) in [5, 5.41) is 14.0. The standard InChI is InChI=1S/C26H23FN8O/c1-4-24(36)30-18-6-7-21(27)22(12-18)32-25-20(16-5-8-23-17(11-16)9-10-34(23)2)14-28-26(33-25)31-19-13-29-35(3)15-19/h4-15H,1H2,2-3H3,(H,30,36)(H2,28,31,32,33). The van der Waals surface area contributed by atoms with Crippen molar-refractivity contribution in [1.82, 2.24) is 24.3 Å². The number of hydrogen-bond donors (Lipinski definition) is 3. The number of rotatable bonds is 7. The van der Waals surface area contributed by atoms with Gasteiger partial charge < -0.3 is 20.5 Å². The van der Waals surface area contributed by atoms with E-state index in [1.807, 2.05) is 49.1 Å². The van der Waals surface area contributed by atoms with Crippen molar-refractivity contribution < 1.29 is 9.18 Å². The lowest BCUT2D eigenvalue weighted by molar-refractivity contribution is -0.111. The average Bonchev–Trinajstić information content (AvgIpc) is 3.45. The smallest absolute Gasteiger partial charge is 0.247 e. The number of amides is 1. The molecule has 0 spiro atoms. The summed E-state index contributed by atoms with van der Waals surface area (Å²) >= 11 is 0. The van der Waals surface area contributed by atoms with Crippen molar-refractivity contribution in [2.45, 2.75) is 0 Å². The van der Waals surface area contributed by atoms with Crippen LogP contribution in [0.15, 0.2) is 79.9 Å². The van der Waals surface area contributed by atoms with Gasteiger partial charge in [-0.05, 0) is 48.0 Å². The van der Waals surface area contributed by atoms with Gasteiger partial charge in [0.05, 0.1) is 17.6 Å². The third-order valence-electron chi connectivity index (χ3n) is 5.62. The monoisotopic (exact) mass is 482 g/mol. The molecule has 0 aliphatic carbocycles. The summed E-state index contributed by atoms with van der Waals surface area (Å²) in [7, 11) is 3.79. The molecule has 0 bridgehead atoms. The summed E-state index contributed by atoms with van der Waals surface area (Å²) in [6.45, 7) is 3.45. The van der Waals surface area contributed by atoms with Crippen molar-refractivity contribution in [2.24, 2.45) is 14.1 Å². The van der Waals surface area contributed by atoms with E-state index >= 15 is 0 Å². The highest BCUT2D eigenvalue weighted by atomic mass is 19.1. The van der Waals surface area contributed by atoms with Gasteiger partial charge in [0.2, 0.25) is 11.9 Å². The molecule has 3 aromatic heterocycles. The predicted molar refractivity (Wildman–Crippen MR) is 139 cm³/mol. The van der Waals surface area contributed by atoms with Gasteiger partial charge in [-0.2, -0.15) is 10.1 Å². The van der Waals surface area contributed by atoms with Crippen LogP contribution in [-0.4, -0.2) is 30.2 Å². The molecule has 5 aromatic rings. The quantitative estimate of drug-likeness (QED) is 0.278. The van der Waals surface area contributed by atoms with E-state index < -0.39 is 11.7 Å². The van der Waals surface area contributed by atoms with Gasteiger partial charge in [-0.15, -0.1) is 0 Å². The topological polar surface area (TPSA) is 102 Å². The maximum atomic E-state index is 14.8. The number of nitrogens with one attached hydrogen (secondary N) is 3. The summed E-state index contributed by atoms with van der Waals surface area (Å²) in [6.07, 6.45) is 8.26. The number of nitrogens with zero attached hydrogens (tertiary/aromatic N) is 5. The number of carbonyl (C=O) groups is 1. The number of benzene rings is 2. The number of hydrogen-bond acceptors (Lipinski definition) is 6. The highest BCUT2D eigenvalue weighted by molar-refractivity contribution is 5.99. The number of fused-ring (bicyclic) bond motifs is 1. The van der Waals surface area contributed by atoms with Crippen molar-refractivity contribution in [3.05, 3.63) is 85.7 Å². The first kappa shape index (κ1) is 22.8.